The first kappa shape index (κ1) is 14.5. The lowest BCUT2D eigenvalue weighted by Crippen LogP contribution is -2.49. The van der Waals surface area contributed by atoms with Crippen molar-refractivity contribution in [1.82, 2.24) is 10.2 Å². The van der Waals surface area contributed by atoms with Crippen LogP contribution in [0.3, 0.4) is 0 Å². The molecule has 0 aromatic heterocycles. The zero-order chi connectivity index (χ0) is 12.8. The minimum atomic E-state index is 0.225. The van der Waals surface area contributed by atoms with Crippen molar-refractivity contribution in [3.8, 4) is 0 Å². The van der Waals surface area contributed by atoms with E-state index >= 15 is 0 Å². The molecule has 3 heteroatoms. The Kier molecular flexibility index (Phi) is 5.96. The van der Waals surface area contributed by atoms with Gasteiger partial charge < -0.3 is 10.2 Å². The van der Waals surface area contributed by atoms with Gasteiger partial charge in [-0.05, 0) is 31.7 Å². The summed E-state index contributed by atoms with van der Waals surface area (Å²) in [7, 11) is 0. The Morgan fingerprint density at radius 1 is 1.47 bits per heavy atom. The van der Waals surface area contributed by atoms with Gasteiger partial charge >= 0.3 is 0 Å². The summed E-state index contributed by atoms with van der Waals surface area (Å²) < 4.78 is 0. The van der Waals surface area contributed by atoms with Gasteiger partial charge in [0.15, 0.2) is 0 Å². The summed E-state index contributed by atoms with van der Waals surface area (Å²) in [6.45, 7) is 11.6. The van der Waals surface area contributed by atoms with E-state index < -0.39 is 0 Å². The zero-order valence-corrected chi connectivity index (χ0v) is 11.8. The van der Waals surface area contributed by atoms with Crippen LogP contribution < -0.4 is 5.32 Å². The fourth-order valence-corrected chi connectivity index (χ4v) is 2.39. The maximum Gasteiger partial charge on any atom is 0.225 e. The molecule has 0 radical (unpaired) electrons. The summed E-state index contributed by atoms with van der Waals surface area (Å²) in [5.41, 5.74) is 0. The molecule has 0 spiro atoms. The van der Waals surface area contributed by atoms with Gasteiger partial charge in [-0.1, -0.05) is 27.7 Å². The number of nitrogens with zero attached hydrogens (tertiary/aromatic N) is 1. The summed E-state index contributed by atoms with van der Waals surface area (Å²) in [5.74, 6) is 1.15. The van der Waals surface area contributed by atoms with E-state index in [-0.39, 0.29) is 5.92 Å². The van der Waals surface area contributed by atoms with Gasteiger partial charge in [0.25, 0.3) is 0 Å². The van der Waals surface area contributed by atoms with Gasteiger partial charge in [-0.2, -0.15) is 0 Å². The molecule has 0 aromatic rings. The van der Waals surface area contributed by atoms with Crippen molar-refractivity contribution < 1.29 is 4.79 Å². The van der Waals surface area contributed by atoms with E-state index in [2.05, 4.69) is 37.9 Å². The highest BCUT2D eigenvalue weighted by Crippen LogP contribution is 2.18. The van der Waals surface area contributed by atoms with E-state index in [0.29, 0.717) is 17.9 Å². The fourth-order valence-electron chi connectivity index (χ4n) is 2.39. The lowest BCUT2D eigenvalue weighted by molar-refractivity contribution is -0.138. The van der Waals surface area contributed by atoms with Crippen LogP contribution in [0, 0.1) is 11.8 Å². The molecule has 1 heterocycles. The molecule has 1 N–H and O–H groups in total. The molecule has 2 atom stereocenters. The standard InChI is InChI=1S/C14H28N2O/c1-5-8-15-13(11(2)3)10-16-9-6-7-12(4)14(16)17/h11-13,15H,5-10H2,1-4H3. The first-order valence-corrected chi connectivity index (χ1v) is 7.08. The average Bonchev–Trinajstić information content (AvgIpc) is 2.29. The normalized spacial score (nSPS) is 23.2. The van der Waals surface area contributed by atoms with Crippen molar-refractivity contribution in [3.05, 3.63) is 0 Å². The quantitative estimate of drug-likeness (QED) is 0.772. The molecule has 1 amide bonds. The Morgan fingerprint density at radius 3 is 2.76 bits per heavy atom. The lowest BCUT2D eigenvalue weighted by Gasteiger charge is -2.35. The largest absolute Gasteiger partial charge is 0.341 e. The van der Waals surface area contributed by atoms with Crippen LogP contribution >= 0.6 is 0 Å². The third-order valence-electron chi connectivity index (χ3n) is 3.68. The monoisotopic (exact) mass is 240 g/mol. The van der Waals surface area contributed by atoms with Crippen LogP contribution in [0.2, 0.25) is 0 Å². The summed E-state index contributed by atoms with van der Waals surface area (Å²) in [6.07, 6.45) is 3.36. The molecular formula is C14H28N2O. The third kappa shape index (κ3) is 4.30. The van der Waals surface area contributed by atoms with Crippen molar-refractivity contribution in [1.29, 1.82) is 0 Å². The number of carbonyl (C=O) groups excluding carboxylic acids is 1. The van der Waals surface area contributed by atoms with Crippen LogP contribution in [-0.4, -0.2) is 36.5 Å². The summed E-state index contributed by atoms with van der Waals surface area (Å²) in [4.78, 5) is 14.1. The van der Waals surface area contributed by atoms with Crippen molar-refractivity contribution in [2.75, 3.05) is 19.6 Å². The van der Waals surface area contributed by atoms with E-state index in [1.165, 1.54) is 0 Å². The second-order valence-corrected chi connectivity index (χ2v) is 5.63. The Balaban J connectivity index is 2.50. The molecule has 0 aliphatic carbocycles. The second kappa shape index (κ2) is 7.00. The molecule has 0 aromatic carbocycles. The Bertz CT molecular complexity index is 240. The van der Waals surface area contributed by atoms with Gasteiger partial charge in [-0.25, -0.2) is 0 Å². The molecule has 1 aliphatic heterocycles. The van der Waals surface area contributed by atoms with Gasteiger partial charge in [0.05, 0.1) is 0 Å². The second-order valence-electron chi connectivity index (χ2n) is 5.63. The van der Waals surface area contributed by atoms with Crippen molar-refractivity contribution in [3.63, 3.8) is 0 Å². The summed E-state index contributed by atoms with van der Waals surface area (Å²) in [6, 6.07) is 0.434. The molecule has 1 rings (SSSR count). The number of carbonyl (C=O) groups is 1. The lowest BCUT2D eigenvalue weighted by atomic mass is 9.97. The average molecular weight is 240 g/mol. The molecule has 17 heavy (non-hydrogen) atoms. The van der Waals surface area contributed by atoms with Crippen molar-refractivity contribution in [2.24, 2.45) is 11.8 Å². The predicted octanol–water partition coefficient (Wildman–Crippen LogP) is 2.27. The third-order valence-corrected chi connectivity index (χ3v) is 3.68. The van der Waals surface area contributed by atoms with E-state index in [4.69, 9.17) is 0 Å². The molecule has 1 saturated heterocycles. The molecule has 100 valence electrons. The minimum absolute atomic E-state index is 0.225. The highest BCUT2D eigenvalue weighted by molar-refractivity contribution is 5.79. The number of piperidine rings is 1. The Morgan fingerprint density at radius 2 is 2.18 bits per heavy atom. The Hall–Kier alpha value is -0.570. The molecule has 0 saturated carbocycles. The molecule has 3 nitrogen and oxygen atoms in total. The molecule has 0 bridgehead atoms. The van der Waals surface area contributed by atoms with Crippen LogP contribution in [0.4, 0.5) is 0 Å². The maximum atomic E-state index is 12.1. The smallest absolute Gasteiger partial charge is 0.225 e. The van der Waals surface area contributed by atoms with E-state index in [1.807, 2.05) is 0 Å². The van der Waals surface area contributed by atoms with Crippen LogP contribution in [0.1, 0.15) is 47.0 Å². The SMILES string of the molecule is CCCNC(CN1CCCC(C)C1=O)C(C)C. The predicted molar refractivity (Wildman–Crippen MR) is 71.9 cm³/mol. The van der Waals surface area contributed by atoms with Crippen molar-refractivity contribution >= 4 is 5.91 Å². The number of likely N-dealkylation sites (tertiary alicyclic amines) is 1. The fraction of sp³-hybridized carbons (Fsp3) is 0.929. The topological polar surface area (TPSA) is 32.3 Å². The number of rotatable bonds is 6. The molecular weight excluding hydrogens is 212 g/mol. The first-order valence-electron chi connectivity index (χ1n) is 7.08. The highest BCUT2D eigenvalue weighted by atomic mass is 16.2. The van der Waals surface area contributed by atoms with Gasteiger partial charge in [0.2, 0.25) is 5.91 Å². The van der Waals surface area contributed by atoms with Gasteiger partial charge in [-0.15, -0.1) is 0 Å². The van der Waals surface area contributed by atoms with Crippen LogP contribution in [0.25, 0.3) is 0 Å². The maximum absolute atomic E-state index is 12.1. The highest BCUT2D eigenvalue weighted by Gasteiger charge is 2.27. The van der Waals surface area contributed by atoms with Crippen LogP contribution in [-0.2, 0) is 4.79 Å². The van der Waals surface area contributed by atoms with E-state index in [9.17, 15) is 4.79 Å². The number of amides is 1. The summed E-state index contributed by atoms with van der Waals surface area (Å²) in [5, 5.41) is 3.56. The van der Waals surface area contributed by atoms with Gasteiger partial charge in [0, 0.05) is 25.0 Å². The van der Waals surface area contributed by atoms with E-state index in [1.54, 1.807) is 0 Å². The minimum Gasteiger partial charge on any atom is -0.341 e. The van der Waals surface area contributed by atoms with E-state index in [0.717, 1.165) is 38.9 Å². The molecule has 1 aliphatic rings. The molecule has 2 unspecified atom stereocenters. The van der Waals surface area contributed by atoms with Gasteiger partial charge in [-0.3, -0.25) is 4.79 Å². The number of hydrogen-bond donors (Lipinski definition) is 1. The molecule has 1 fully saturated rings. The van der Waals surface area contributed by atoms with Crippen LogP contribution in [0.15, 0.2) is 0 Å². The Labute approximate surface area is 106 Å². The first-order chi connectivity index (χ1) is 8.06. The van der Waals surface area contributed by atoms with Gasteiger partial charge in [0.1, 0.15) is 0 Å². The van der Waals surface area contributed by atoms with Crippen LogP contribution in [0.5, 0.6) is 0 Å². The number of nitrogens with one attached hydrogen (secondary N) is 1. The summed E-state index contributed by atoms with van der Waals surface area (Å²) >= 11 is 0. The van der Waals surface area contributed by atoms with Crippen molar-refractivity contribution in [2.45, 2.75) is 53.0 Å². The number of hydrogen-bond acceptors (Lipinski definition) is 2. The zero-order valence-electron chi connectivity index (χ0n) is 11.8.